The van der Waals surface area contributed by atoms with Gasteiger partial charge >= 0.3 is 17.8 Å². The molecule has 9 heteroatoms. The second kappa shape index (κ2) is 7.44. The number of alkyl halides is 2. The van der Waals surface area contributed by atoms with Crippen LogP contribution >= 0.6 is 0 Å². The number of carbonyl (C=O) groups excluding carboxylic acids is 2. The third-order valence-electron chi connectivity index (χ3n) is 2.92. The van der Waals surface area contributed by atoms with Crippen LogP contribution in [0.2, 0.25) is 0 Å². The van der Waals surface area contributed by atoms with E-state index >= 15 is 0 Å². The SMILES string of the molecule is O=C(NCc1ccc(=O)[nH]n1)C(F)(F)C(=O)OCc1ccccc1. The molecule has 1 amide bonds. The molecule has 0 saturated carbocycles. The van der Waals surface area contributed by atoms with Crippen molar-refractivity contribution in [3.8, 4) is 0 Å². The largest absolute Gasteiger partial charge is 0.456 e. The fourth-order valence-electron chi connectivity index (χ4n) is 1.66. The van der Waals surface area contributed by atoms with Crippen LogP contribution in [0, 0.1) is 0 Å². The third kappa shape index (κ3) is 4.45. The molecule has 0 saturated heterocycles. The molecule has 0 radical (unpaired) electrons. The molecule has 0 atom stereocenters. The van der Waals surface area contributed by atoms with E-state index in [0.717, 1.165) is 6.07 Å². The van der Waals surface area contributed by atoms with E-state index in [1.807, 2.05) is 5.32 Å². The van der Waals surface area contributed by atoms with Gasteiger partial charge in [-0.1, -0.05) is 30.3 Å². The lowest BCUT2D eigenvalue weighted by molar-refractivity contribution is -0.179. The lowest BCUT2D eigenvalue weighted by Crippen LogP contribution is -2.46. The van der Waals surface area contributed by atoms with Gasteiger partial charge in [-0.15, -0.1) is 0 Å². The summed E-state index contributed by atoms with van der Waals surface area (Å²) < 4.78 is 31.9. The molecule has 2 N–H and O–H groups in total. The highest BCUT2D eigenvalue weighted by atomic mass is 19.3. The monoisotopic (exact) mass is 337 g/mol. The average Bonchev–Trinajstić information content (AvgIpc) is 2.59. The molecule has 0 fully saturated rings. The topological polar surface area (TPSA) is 101 Å². The molecule has 126 valence electrons. The zero-order valence-electron chi connectivity index (χ0n) is 12.3. The van der Waals surface area contributed by atoms with Crippen LogP contribution in [0.5, 0.6) is 0 Å². The number of halogens is 2. The molecular weight excluding hydrogens is 324 g/mol. The minimum absolute atomic E-state index is 0.149. The molecule has 24 heavy (non-hydrogen) atoms. The highest BCUT2D eigenvalue weighted by Crippen LogP contribution is 2.17. The molecule has 1 aromatic carbocycles. The van der Waals surface area contributed by atoms with Crippen molar-refractivity contribution in [2.24, 2.45) is 0 Å². The molecule has 0 aliphatic carbocycles. The standard InChI is InChI=1S/C15H13F2N3O4/c16-15(17,14(23)24-9-10-4-2-1-3-5-10)13(22)18-8-11-6-7-12(21)20-19-11/h1-7H,8-9H2,(H,18,22)(H,20,21). The number of benzene rings is 1. The molecule has 2 aromatic rings. The van der Waals surface area contributed by atoms with Gasteiger partial charge in [-0.25, -0.2) is 9.89 Å². The summed E-state index contributed by atoms with van der Waals surface area (Å²) >= 11 is 0. The van der Waals surface area contributed by atoms with Gasteiger partial charge in [-0.05, 0) is 11.6 Å². The quantitative estimate of drug-likeness (QED) is 0.599. The number of ether oxygens (including phenoxy) is 1. The van der Waals surface area contributed by atoms with Crippen LogP contribution in [0.1, 0.15) is 11.3 Å². The zero-order chi connectivity index (χ0) is 17.6. The lowest BCUT2D eigenvalue weighted by atomic mass is 10.2. The summed E-state index contributed by atoms with van der Waals surface area (Å²) in [5.74, 6) is -8.09. The number of amides is 1. The first-order chi connectivity index (χ1) is 11.4. The Hall–Kier alpha value is -3.10. The van der Waals surface area contributed by atoms with Crippen LogP contribution < -0.4 is 10.9 Å². The number of hydrogen-bond donors (Lipinski definition) is 2. The van der Waals surface area contributed by atoms with E-state index in [1.54, 1.807) is 30.3 Å². The number of nitrogens with one attached hydrogen (secondary N) is 2. The van der Waals surface area contributed by atoms with Gasteiger partial charge in [-0.2, -0.15) is 13.9 Å². The second-order valence-corrected chi connectivity index (χ2v) is 4.73. The molecule has 0 unspecified atom stereocenters. The normalized spacial score (nSPS) is 10.9. The number of esters is 1. The van der Waals surface area contributed by atoms with Crippen LogP contribution in [0.15, 0.2) is 47.3 Å². The van der Waals surface area contributed by atoms with Gasteiger partial charge in [0, 0.05) is 6.07 Å². The molecule has 0 bridgehead atoms. The third-order valence-corrected chi connectivity index (χ3v) is 2.92. The van der Waals surface area contributed by atoms with E-state index in [4.69, 9.17) is 0 Å². The number of nitrogens with zero attached hydrogens (tertiary/aromatic N) is 1. The summed E-state index contributed by atoms with van der Waals surface area (Å²) in [5, 5.41) is 7.49. The maximum absolute atomic E-state index is 13.7. The highest BCUT2D eigenvalue weighted by molar-refractivity contribution is 6.04. The van der Waals surface area contributed by atoms with E-state index in [9.17, 15) is 23.2 Å². The number of carbonyl (C=O) groups is 2. The Balaban J connectivity index is 1.89. The van der Waals surface area contributed by atoms with Gasteiger partial charge in [-0.3, -0.25) is 9.59 Å². The van der Waals surface area contributed by atoms with Crippen LogP contribution in [-0.4, -0.2) is 28.0 Å². The van der Waals surface area contributed by atoms with Crippen molar-refractivity contribution in [2.45, 2.75) is 19.1 Å². The average molecular weight is 337 g/mol. The molecule has 0 aliphatic heterocycles. The van der Waals surface area contributed by atoms with Crippen molar-refractivity contribution in [1.82, 2.24) is 15.5 Å². The first kappa shape index (κ1) is 17.3. The Labute approximate surface area is 134 Å². The number of hydrogen-bond acceptors (Lipinski definition) is 5. The maximum Gasteiger partial charge on any atom is 0.418 e. The summed E-state index contributed by atoms with van der Waals surface area (Å²) in [6.45, 7) is -0.749. The van der Waals surface area contributed by atoms with Gasteiger partial charge in [0.05, 0.1) is 12.2 Å². The summed E-state index contributed by atoms with van der Waals surface area (Å²) in [7, 11) is 0. The first-order valence-electron chi connectivity index (χ1n) is 6.81. The van der Waals surface area contributed by atoms with Crippen LogP contribution in [0.25, 0.3) is 0 Å². The molecule has 1 aromatic heterocycles. The summed E-state index contributed by atoms with van der Waals surface area (Å²) in [4.78, 5) is 33.7. The Morgan fingerprint density at radius 1 is 1.17 bits per heavy atom. The van der Waals surface area contributed by atoms with E-state index in [1.165, 1.54) is 6.07 Å². The second-order valence-electron chi connectivity index (χ2n) is 4.73. The number of rotatable bonds is 6. The van der Waals surface area contributed by atoms with Crippen LogP contribution in [0.3, 0.4) is 0 Å². The van der Waals surface area contributed by atoms with E-state index in [0.29, 0.717) is 5.56 Å². The Morgan fingerprint density at radius 2 is 1.88 bits per heavy atom. The maximum atomic E-state index is 13.7. The predicted octanol–water partition coefficient (Wildman–Crippen LogP) is 0.765. The predicted molar refractivity (Wildman–Crippen MR) is 77.9 cm³/mol. The van der Waals surface area contributed by atoms with Gasteiger partial charge in [0.15, 0.2) is 0 Å². The summed E-state index contributed by atoms with van der Waals surface area (Å²) in [5.41, 5.74) is 0.191. The molecule has 7 nitrogen and oxygen atoms in total. The lowest BCUT2D eigenvalue weighted by Gasteiger charge is -2.14. The fraction of sp³-hybridized carbons (Fsp3) is 0.200. The Bertz CT molecular complexity index is 757. The van der Waals surface area contributed by atoms with E-state index in [2.05, 4.69) is 14.9 Å². The minimum atomic E-state index is -4.34. The molecule has 1 heterocycles. The summed E-state index contributed by atoms with van der Waals surface area (Å²) in [6, 6.07) is 10.6. The highest BCUT2D eigenvalue weighted by Gasteiger charge is 2.49. The van der Waals surface area contributed by atoms with Gasteiger partial charge in [0.25, 0.3) is 5.56 Å². The van der Waals surface area contributed by atoms with Gasteiger partial charge < -0.3 is 10.1 Å². The smallest absolute Gasteiger partial charge is 0.418 e. The van der Waals surface area contributed by atoms with Crippen molar-refractivity contribution in [1.29, 1.82) is 0 Å². The molecule has 0 aliphatic rings. The van der Waals surface area contributed by atoms with Crippen molar-refractivity contribution in [2.75, 3.05) is 0 Å². The van der Waals surface area contributed by atoms with Crippen molar-refractivity contribution >= 4 is 11.9 Å². The van der Waals surface area contributed by atoms with Crippen molar-refractivity contribution < 1.29 is 23.1 Å². The van der Waals surface area contributed by atoms with Gasteiger partial charge in [0.1, 0.15) is 6.61 Å². The fourth-order valence-corrected chi connectivity index (χ4v) is 1.66. The molecular formula is C15H13F2N3O4. The zero-order valence-corrected chi connectivity index (χ0v) is 12.3. The number of aromatic nitrogens is 2. The van der Waals surface area contributed by atoms with E-state index < -0.39 is 23.4 Å². The van der Waals surface area contributed by atoms with Crippen LogP contribution in [0.4, 0.5) is 8.78 Å². The number of H-pyrrole nitrogens is 1. The molecule has 2 rings (SSSR count). The van der Waals surface area contributed by atoms with Gasteiger partial charge in [0.2, 0.25) is 0 Å². The Morgan fingerprint density at radius 3 is 2.50 bits per heavy atom. The van der Waals surface area contributed by atoms with Crippen molar-refractivity contribution in [3.63, 3.8) is 0 Å². The number of aromatic amines is 1. The Kier molecular flexibility index (Phi) is 5.35. The van der Waals surface area contributed by atoms with E-state index in [-0.39, 0.29) is 18.8 Å². The molecule has 0 spiro atoms. The van der Waals surface area contributed by atoms with Crippen LogP contribution in [-0.2, 0) is 27.5 Å². The minimum Gasteiger partial charge on any atom is -0.456 e. The summed E-state index contributed by atoms with van der Waals surface area (Å²) in [6.07, 6.45) is 0. The van der Waals surface area contributed by atoms with Crippen molar-refractivity contribution in [3.05, 3.63) is 64.1 Å². The first-order valence-corrected chi connectivity index (χ1v) is 6.81.